The van der Waals surface area contributed by atoms with Crippen molar-refractivity contribution in [2.24, 2.45) is 11.8 Å². The topological polar surface area (TPSA) is 108 Å². The fourth-order valence-corrected chi connectivity index (χ4v) is 5.11. The van der Waals surface area contributed by atoms with Crippen molar-refractivity contribution in [2.45, 2.75) is 97.8 Å². The molecule has 0 aromatic heterocycles. The normalized spacial score (nSPS) is 19.3. The molecule has 0 aliphatic carbocycles. The van der Waals surface area contributed by atoms with Crippen LogP contribution in [-0.2, 0) is 19.1 Å². The molecule has 2 heterocycles. The van der Waals surface area contributed by atoms with E-state index >= 15 is 0 Å². The van der Waals surface area contributed by atoms with E-state index in [1.54, 1.807) is 4.90 Å². The average molecular weight is 543 g/mol. The first-order valence-electron chi connectivity index (χ1n) is 14.3. The Morgan fingerprint density at radius 1 is 0.923 bits per heavy atom. The van der Waals surface area contributed by atoms with Crippen molar-refractivity contribution in [3.05, 3.63) is 29.8 Å². The van der Waals surface area contributed by atoms with Crippen molar-refractivity contribution in [3.8, 4) is 0 Å². The summed E-state index contributed by atoms with van der Waals surface area (Å²) in [5.74, 6) is -0.457. The predicted octanol–water partition coefficient (Wildman–Crippen LogP) is 4.53. The van der Waals surface area contributed by atoms with Gasteiger partial charge >= 0.3 is 6.09 Å². The predicted molar refractivity (Wildman–Crippen MR) is 151 cm³/mol. The van der Waals surface area contributed by atoms with Crippen LogP contribution < -0.4 is 10.6 Å². The Balaban J connectivity index is 1.53. The third-order valence-electron chi connectivity index (χ3n) is 7.44. The molecule has 1 aromatic carbocycles. The van der Waals surface area contributed by atoms with Crippen molar-refractivity contribution in [3.63, 3.8) is 0 Å². The fourth-order valence-electron chi connectivity index (χ4n) is 5.11. The second kappa shape index (κ2) is 12.8. The highest BCUT2D eigenvalue weighted by atomic mass is 16.6. The van der Waals surface area contributed by atoms with Crippen molar-refractivity contribution in [1.29, 1.82) is 0 Å². The number of amides is 4. The summed E-state index contributed by atoms with van der Waals surface area (Å²) in [7, 11) is 0. The number of anilines is 1. The summed E-state index contributed by atoms with van der Waals surface area (Å²) in [6.45, 7) is 14.9. The molecule has 2 saturated heterocycles. The summed E-state index contributed by atoms with van der Waals surface area (Å²) in [4.78, 5) is 55.3. The lowest BCUT2D eigenvalue weighted by molar-refractivity contribution is -0.139. The largest absolute Gasteiger partial charge is 0.444 e. The minimum atomic E-state index is -0.664. The summed E-state index contributed by atoms with van der Waals surface area (Å²) in [5, 5.41) is 5.88. The lowest BCUT2D eigenvalue weighted by atomic mass is 9.93. The Bertz CT molecular complexity index is 1020. The van der Waals surface area contributed by atoms with Crippen LogP contribution in [0.25, 0.3) is 0 Å². The van der Waals surface area contributed by atoms with Crippen LogP contribution in [0.2, 0.25) is 0 Å². The molecule has 2 N–H and O–H groups in total. The zero-order valence-corrected chi connectivity index (χ0v) is 24.6. The molecule has 216 valence electrons. The lowest BCUT2D eigenvalue weighted by Crippen LogP contribution is -2.53. The van der Waals surface area contributed by atoms with Crippen LogP contribution >= 0.6 is 0 Å². The van der Waals surface area contributed by atoms with Gasteiger partial charge < -0.3 is 20.3 Å². The number of carbonyl (C=O) groups excluding carboxylic acids is 4. The molecule has 2 atom stereocenters. The number of ether oxygens (including phenoxy) is 1. The van der Waals surface area contributed by atoms with Crippen LogP contribution in [-0.4, -0.2) is 70.9 Å². The maximum absolute atomic E-state index is 13.3. The minimum Gasteiger partial charge on any atom is -0.444 e. The van der Waals surface area contributed by atoms with E-state index in [4.69, 9.17) is 4.74 Å². The molecule has 0 saturated carbocycles. The first kappa shape index (κ1) is 30.4. The average Bonchev–Trinajstić information content (AvgIpc) is 3.36. The number of rotatable bonds is 7. The third-order valence-corrected chi connectivity index (χ3v) is 7.44. The van der Waals surface area contributed by atoms with Crippen molar-refractivity contribution >= 4 is 29.5 Å². The first-order chi connectivity index (χ1) is 18.3. The second-order valence-electron chi connectivity index (χ2n) is 12.4. The van der Waals surface area contributed by atoms with E-state index in [0.29, 0.717) is 50.5 Å². The molecule has 9 nitrogen and oxygen atoms in total. The van der Waals surface area contributed by atoms with Gasteiger partial charge in [-0.05, 0) is 76.0 Å². The number of nitrogens with one attached hydrogen (secondary N) is 2. The van der Waals surface area contributed by atoms with E-state index in [2.05, 4.69) is 24.5 Å². The van der Waals surface area contributed by atoms with Gasteiger partial charge in [0.2, 0.25) is 17.7 Å². The summed E-state index contributed by atoms with van der Waals surface area (Å²) >= 11 is 0. The molecular formula is C30H46N4O5. The Hall–Kier alpha value is -3.10. The van der Waals surface area contributed by atoms with Crippen LogP contribution in [0.1, 0.15) is 85.6 Å². The number of nitrogens with zero attached hydrogens (tertiary/aromatic N) is 2. The van der Waals surface area contributed by atoms with Gasteiger partial charge in [0.25, 0.3) is 0 Å². The van der Waals surface area contributed by atoms with Gasteiger partial charge in [0.05, 0.1) is 0 Å². The van der Waals surface area contributed by atoms with Crippen LogP contribution in [0.15, 0.2) is 24.3 Å². The van der Waals surface area contributed by atoms with E-state index in [-0.39, 0.29) is 29.6 Å². The smallest absolute Gasteiger partial charge is 0.410 e. The van der Waals surface area contributed by atoms with Gasteiger partial charge in [-0.3, -0.25) is 19.3 Å². The standard InChI is InChI=1S/C30H46N4O5/c1-19(2)21-10-12-23(13-11-21)31-27(36)25(20(3)4)32-26(35)22-14-17-33(18-15-22)28(37)24-9-8-16-34(24)29(38)39-30(5,6)7/h10-13,19-20,22,24-25H,8-9,14-18H2,1-7H3,(H,31,36)(H,32,35). The maximum Gasteiger partial charge on any atom is 0.410 e. The van der Waals surface area contributed by atoms with E-state index in [1.807, 2.05) is 58.9 Å². The molecular weight excluding hydrogens is 496 g/mol. The highest BCUT2D eigenvalue weighted by Crippen LogP contribution is 2.26. The molecule has 2 aliphatic heterocycles. The molecule has 9 heteroatoms. The molecule has 4 amide bonds. The van der Waals surface area contributed by atoms with Crippen molar-refractivity contribution in [1.82, 2.24) is 15.1 Å². The van der Waals surface area contributed by atoms with Crippen molar-refractivity contribution in [2.75, 3.05) is 25.0 Å². The van der Waals surface area contributed by atoms with Gasteiger partial charge in [0.15, 0.2) is 0 Å². The second-order valence-corrected chi connectivity index (χ2v) is 12.4. The van der Waals surface area contributed by atoms with Gasteiger partial charge in [-0.2, -0.15) is 0 Å². The van der Waals surface area contributed by atoms with Crippen LogP contribution in [0.4, 0.5) is 10.5 Å². The van der Waals surface area contributed by atoms with Gasteiger partial charge in [0, 0.05) is 31.2 Å². The number of hydrogen-bond donors (Lipinski definition) is 2. The summed E-state index contributed by atoms with van der Waals surface area (Å²) < 4.78 is 5.50. The maximum atomic E-state index is 13.3. The molecule has 2 aliphatic rings. The van der Waals surface area contributed by atoms with Gasteiger partial charge in [0.1, 0.15) is 17.7 Å². The van der Waals surface area contributed by atoms with Gasteiger partial charge in [-0.15, -0.1) is 0 Å². The highest BCUT2D eigenvalue weighted by molar-refractivity contribution is 5.97. The summed E-state index contributed by atoms with van der Waals surface area (Å²) in [6, 6.07) is 6.57. The fraction of sp³-hybridized carbons (Fsp3) is 0.667. The SMILES string of the molecule is CC(C)c1ccc(NC(=O)C(NC(=O)C2CCN(C(=O)C3CCCN3C(=O)OC(C)(C)C)CC2)C(C)C)cc1. The Labute approximate surface area is 233 Å². The lowest BCUT2D eigenvalue weighted by Gasteiger charge is -2.36. The molecule has 2 fully saturated rings. The van der Waals surface area contributed by atoms with E-state index < -0.39 is 23.8 Å². The van der Waals surface area contributed by atoms with Gasteiger partial charge in [-0.1, -0.05) is 39.8 Å². The molecule has 2 unspecified atom stereocenters. The van der Waals surface area contributed by atoms with Gasteiger partial charge in [-0.25, -0.2) is 4.79 Å². The van der Waals surface area contributed by atoms with Crippen LogP contribution in [0.5, 0.6) is 0 Å². The van der Waals surface area contributed by atoms with E-state index in [1.165, 1.54) is 10.5 Å². The Morgan fingerprint density at radius 2 is 1.54 bits per heavy atom. The van der Waals surface area contributed by atoms with Crippen LogP contribution in [0.3, 0.4) is 0 Å². The van der Waals surface area contributed by atoms with Crippen molar-refractivity contribution < 1.29 is 23.9 Å². The molecule has 3 rings (SSSR count). The van der Waals surface area contributed by atoms with Crippen LogP contribution in [0, 0.1) is 11.8 Å². The highest BCUT2D eigenvalue weighted by Gasteiger charge is 2.40. The number of benzene rings is 1. The third kappa shape index (κ3) is 8.19. The zero-order valence-electron chi connectivity index (χ0n) is 24.6. The monoisotopic (exact) mass is 542 g/mol. The first-order valence-corrected chi connectivity index (χ1v) is 14.3. The minimum absolute atomic E-state index is 0.0832. The molecule has 1 aromatic rings. The number of hydrogen-bond acceptors (Lipinski definition) is 5. The molecule has 0 spiro atoms. The quantitative estimate of drug-likeness (QED) is 0.526. The molecule has 39 heavy (non-hydrogen) atoms. The Morgan fingerprint density at radius 3 is 2.08 bits per heavy atom. The summed E-state index contributed by atoms with van der Waals surface area (Å²) in [5.41, 5.74) is 1.27. The van der Waals surface area contributed by atoms with E-state index in [9.17, 15) is 19.2 Å². The number of piperidine rings is 1. The molecule has 0 radical (unpaired) electrons. The van der Waals surface area contributed by atoms with E-state index in [0.717, 1.165) is 6.42 Å². The molecule has 0 bridgehead atoms. The Kier molecular flexibility index (Phi) is 10.0. The zero-order chi connectivity index (χ0) is 28.9. The number of carbonyl (C=O) groups is 4. The number of likely N-dealkylation sites (tertiary alicyclic amines) is 2. The summed E-state index contributed by atoms with van der Waals surface area (Å²) in [6.07, 6.45) is 1.94.